The summed E-state index contributed by atoms with van der Waals surface area (Å²) in [5, 5.41) is 12.3. The van der Waals surface area contributed by atoms with E-state index in [0.29, 0.717) is 17.0 Å². The Kier molecular flexibility index (Phi) is 5.51. The molecule has 2 aromatic carbocycles. The number of rotatable bonds is 5. The van der Waals surface area contributed by atoms with E-state index in [4.69, 9.17) is 15.9 Å². The van der Waals surface area contributed by atoms with Crippen molar-refractivity contribution < 1.29 is 14.3 Å². The molecular weight excluding hydrogens is 308 g/mol. The molecule has 0 aromatic heterocycles. The van der Waals surface area contributed by atoms with Crippen LogP contribution in [0.5, 0.6) is 5.75 Å². The summed E-state index contributed by atoms with van der Waals surface area (Å²) >= 11 is 0. The Balaban J connectivity index is 1.98. The monoisotopic (exact) mass is 326 g/mol. The van der Waals surface area contributed by atoms with E-state index in [1.54, 1.807) is 55.6 Å². The van der Waals surface area contributed by atoms with Crippen molar-refractivity contribution in [2.45, 2.75) is 6.42 Å². The summed E-state index contributed by atoms with van der Waals surface area (Å²) in [6.45, 7) is 0. The molecule has 0 heterocycles. The number of benzene rings is 2. The maximum Gasteiger partial charge on any atom is 0.343 e. The molecule has 124 valence electrons. The highest BCUT2D eigenvalue weighted by molar-refractivity contribution is 5.93. The van der Waals surface area contributed by atoms with Gasteiger partial charge >= 0.3 is 5.97 Å². The number of ether oxygens (including phenoxy) is 1. The lowest BCUT2D eigenvalue weighted by Gasteiger charge is -2.07. The Hall–Kier alpha value is -3.35. The second-order valence-electron chi connectivity index (χ2n) is 5.00. The molecule has 24 heavy (non-hydrogen) atoms. The highest BCUT2D eigenvalue weighted by Gasteiger charge is 2.09. The summed E-state index contributed by atoms with van der Waals surface area (Å²) in [4.78, 5) is 23.4. The second kappa shape index (κ2) is 7.77. The van der Waals surface area contributed by atoms with Gasteiger partial charge in [-0.15, -0.1) is 0 Å². The molecule has 0 spiro atoms. The zero-order valence-electron chi connectivity index (χ0n) is 13.1. The Morgan fingerprint density at radius 2 is 1.71 bits per heavy atom. The van der Waals surface area contributed by atoms with E-state index >= 15 is 0 Å². The molecule has 0 fully saturated rings. The lowest BCUT2D eigenvalue weighted by atomic mass is 10.1. The summed E-state index contributed by atoms with van der Waals surface area (Å²) in [6, 6.07) is 13.2. The third-order valence-corrected chi connectivity index (χ3v) is 3.18. The van der Waals surface area contributed by atoms with E-state index in [0.717, 1.165) is 5.56 Å². The van der Waals surface area contributed by atoms with Crippen molar-refractivity contribution in [3.8, 4) is 5.75 Å². The minimum atomic E-state index is -0.497. The first kappa shape index (κ1) is 17.0. The summed E-state index contributed by atoms with van der Waals surface area (Å²) in [7, 11) is 1.58. The molecule has 0 aliphatic rings. The number of nitrogens with two attached hydrogens (primary N) is 1. The fourth-order valence-corrected chi connectivity index (χ4v) is 1.96. The number of anilines is 1. The molecular formula is C17H18N4O3. The molecule has 7 heteroatoms. The van der Waals surface area contributed by atoms with Crippen LogP contribution in [-0.4, -0.2) is 24.9 Å². The fraction of sp³-hybridized carbons (Fsp3) is 0.118. The van der Waals surface area contributed by atoms with Crippen molar-refractivity contribution in [2.75, 3.05) is 12.4 Å². The number of carbonyl (C=O) groups excluding carboxylic acids is 2. The summed E-state index contributed by atoms with van der Waals surface area (Å²) in [5.41, 5.74) is 7.04. The van der Waals surface area contributed by atoms with E-state index in [1.165, 1.54) is 0 Å². The molecule has 1 amide bonds. The second-order valence-corrected chi connectivity index (χ2v) is 5.00. The number of hydrogen-bond acceptors (Lipinski definition) is 4. The number of nitrogens with one attached hydrogen (secondary N) is 3. The Morgan fingerprint density at radius 3 is 2.25 bits per heavy atom. The quantitative estimate of drug-likeness (QED) is 0.287. The normalized spacial score (nSPS) is 9.88. The zero-order valence-corrected chi connectivity index (χ0v) is 13.1. The Morgan fingerprint density at radius 1 is 1.08 bits per heavy atom. The molecule has 0 saturated carbocycles. The average molecular weight is 326 g/mol. The van der Waals surface area contributed by atoms with Gasteiger partial charge in [-0.2, -0.15) is 0 Å². The number of esters is 1. The van der Waals surface area contributed by atoms with Crippen LogP contribution in [0.1, 0.15) is 15.9 Å². The lowest BCUT2D eigenvalue weighted by molar-refractivity contribution is -0.119. The van der Waals surface area contributed by atoms with E-state index < -0.39 is 5.97 Å². The molecule has 0 atom stereocenters. The van der Waals surface area contributed by atoms with Crippen molar-refractivity contribution in [1.29, 1.82) is 5.41 Å². The first-order valence-electron chi connectivity index (χ1n) is 7.21. The largest absolute Gasteiger partial charge is 0.423 e. The number of guanidine groups is 1. The third-order valence-electron chi connectivity index (χ3n) is 3.18. The molecule has 0 aliphatic carbocycles. The van der Waals surface area contributed by atoms with Crippen LogP contribution in [0, 0.1) is 5.41 Å². The molecule has 2 aromatic rings. The van der Waals surface area contributed by atoms with Crippen molar-refractivity contribution in [3.63, 3.8) is 0 Å². The molecule has 7 nitrogen and oxygen atoms in total. The van der Waals surface area contributed by atoms with Gasteiger partial charge in [0.05, 0.1) is 12.0 Å². The van der Waals surface area contributed by atoms with Crippen molar-refractivity contribution in [3.05, 3.63) is 59.7 Å². The van der Waals surface area contributed by atoms with Gasteiger partial charge < -0.3 is 21.1 Å². The molecule has 0 saturated heterocycles. The standard InChI is InChI=1S/C17H18N4O3/c1-20-15(22)10-11-2-8-14(9-3-11)24-16(23)12-4-6-13(7-5-12)21-17(18)19/h2-9H,10H2,1H3,(H,20,22)(H4,18,19,21). The van der Waals surface area contributed by atoms with E-state index in [1.807, 2.05) is 0 Å². The van der Waals surface area contributed by atoms with Crippen LogP contribution >= 0.6 is 0 Å². The minimum Gasteiger partial charge on any atom is -0.423 e. The summed E-state index contributed by atoms with van der Waals surface area (Å²) in [5.74, 6) is -0.365. The van der Waals surface area contributed by atoms with Crippen LogP contribution in [0.3, 0.4) is 0 Å². The highest BCUT2D eigenvalue weighted by atomic mass is 16.5. The van der Waals surface area contributed by atoms with Crippen LogP contribution in [0.4, 0.5) is 5.69 Å². The highest BCUT2D eigenvalue weighted by Crippen LogP contribution is 2.16. The summed E-state index contributed by atoms with van der Waals surface area (Å²) < 4.78 is 5.28. The number of hydrogen-bond donors (Lipinski definition) is 4. The maximum atomic E-state index is 12.1. The first-order valence-corrected chi connectivity index (χ1v) is 7.21. The van der Waals surface area contributed by atoms with Gasteiger partial charge in [-0.25, -0.2) is 4.79 Å². The van der Waals surface area contributed by atoms with Gasteiger partial charge in [0.15, 0.2) is 5.96 Å². The average Bonchev–Trinajstić information content (AvgIpc) is 2.56. The Labute approximate surface area is 139 Å². The van der Waals surface area contributed by atoms with Gasteiger partial charge in [0, 0.05) is 12.7 Å². The first-order chi connectivity index (χ1) is 11.5. The molecule has 2 rings (SSSR count). The topological polar surface area (TPSA) is 117 Å². The van der Waals surface area contributed by atoms with Crippen LogP contribution < -0.4 is 21.1 Å². The van der Waals surface area contributed by atoms with Crippen LogP contribution in [0.15, 0.2) is 48.5 Å². The molecule has 0 bridgehead atoms. The predicted octanol–water partition coefficient (Wildman–Crippen LogP) is 1.50. The predicted molar refractivity (Wildman–Crippen MR) is 91.2 cm³/mol. The number of amides is 1. The molecule has 0 unspecified atom stereocenters. The molecule has 5 N–H and O–H groups in total. The summed E-state index contributed by atoms with van der Waals surface area (Å²) in [6.07, 6.45) is 0.273. The van der Waals surface area contributed by atoms with E-state index in [9.17, 15) is 9.59 Å². The zero-order chi connectivity index (χ0) is 17.5. The van der Waals surface area contributed by atoms with Crippen molar-refractivity contribution >= 4 is 23.5 Å². The van der Waals surface area contributed by atoms with Crippen LogP contribution in [0.25, 0.3) is 0 Å². The fourth-order valence-electron chi connectivity index (χ4n) is 1.96. The SMILES string of the molecule is CNC(=O)Cc1ccc(OC(=O)c2ccc(NC(=N)N)cc2)cc1. The van der Waals surface area contributed by atoms with Gasteiger partial charge in [0.25, 0.3) is 0 Å². The van der Waals surface area contributed by atoms with Gasteiger partial charge in [-0.05, 0) is 42.0 Å². The number of likely N-dealkylation sites (N-methyl/N-ethyl adjacent to an activating group) is 1. The van der Waals surface area contributed by atoms with Gasteiger partial charge in [-0.3, -0.25) is 10.2 Å². The van der Waals surface area contributed by atoms with Crippen LogP contribution in [-0.2, 0) is 11.2 Å². The smallest absolute Gasteiger partial charge is 0.343 e. The van der Waals surface area contributed by atoms with Gasteiger partial charge in [-0.1, -0.05) is 12.1 Å². The van der Waals surface area contributed by atoms with Gasteiger partial charge in [0.1, 0.15) is 5.75 Å². The van der Waals surface area contributed by atoms with Crippen molar-refractivity contribution in [2.24, 2.45) is 5.73 Å². The minimum absolute atomic E-state index is 0.0843. The molecule has 0 aliphatic heterocycles. The maximum absolute atomic E-state index is 12.1. The third kappa shape index (κ3) is 4.84. The Bertz CT molecular complexity index is 739. The molecule has 0 radical (unpaired) electrons. The van der Waals surface area contributed by atoms with E-state index in [-0.39, 0.29) is 18.3 Å². The van der Waals surface area contributed by atoms with E-state index in [2.05, 4.69) is 10.6 Å². The van der Waals surface area contributed by atoms with Gasteiger partial charge in [0.2, 0.25) is 5.91 Å². The van der Waals surface area contributed by atoms with Crippen molar-refractivity contribution in [1.82, 2.24) is 5.32 Å². The number of carbonyl (C=O) groups is 2. The van der Waals surface area contributed by atoms with Crippen LogP contribution in [0.2, 0.25) is 0 Å². The lowest BCUT2D eigenvalue weighted by Crippen LogP contribution is -2.20.